The third kappa shape index (κ3) is 3.10. The van der Waals surface area contributed by atoms with Crippen molar-refractivity contribution >= 4 is 10.0 Å². The molecule has 0 bridgehead atoms. The fraction of sp³-hybridized carbons (Fsp3) is 0.583. The van der Waals surface area contributed by atoms with Crippen LogP contribution in [-0.4, -0.2) is 43.4 Å². The Balaban J connectivity index is 2.30. The maximum absolute atomic E-state index is 13.2. The molecule has 1 aliphatic rings. The molecule has 0 aromatic carbocycles. The summed E-state index contributed by atoms with van der Waals surface area (Å²) in [7, 11) is -3.67. The van der Waals surface area contributed by atoms with E-state index < -0.39 is 15.8 Å². The molecule has 1 aliphatic heterocycles. The molecular formula is C12H18FN3O2S. The zero-order chi connectivity index (χ0) is 13.9. The second-order valence-electron chi connectivity index (χ2n) is 4.53. The number of rotatable bonds is 4. The quantitative estimate of drug-likeness (QED) is 0.897. The highest BCUT2D eigenvalue weighted by Crippen LogP contribution is 2.22. The van der Waals surface area contributed by atoms with Crippen molar-refractivity contribution in [2.45, 2.75) is 30.7 Å². The number of nitrogens with one attached hydrogen (secondary N) is 1. The predicted octanol–water partition coefficient (Wildman–Crippen LogP) is 0.983. The summed E-state index contributed by atoms with van der Waals surface area (Å²) in [5.74, 6) is -0.637. The largest absolute Gasteiger partial charge is 0.317 e. The molecule has 19 heavy (non-hydrogen) atoms. The molecule has 1 fully saturated rings. The normalized spacial score (nSPS) is 17.8. The summed E-state index contributed by atoms with van der Waals surface area (Å²) in [6, 6.07) is 0.992. The van der Waals surface area contributed by atoms with E-state index in [0.29, 0.717) is 6.54 Å². The van der Waals surface area contributed by atoms with Gasteiger partial charge in [0.25, 0.3) is 0 Å². The van der Waals surface area contributed by atoms with Gasteiger partial charge >= 0.3 is 0 Å². The van der Waals surface area contributed by atoms with Crippen LogP contribution in [0.15, 0.2) is 23.4 Å². The molecule has 2 heterocycles. The fourth-order valence-corrected chi connectivity index (χ4v) is 4.06. The van der Waals surface area contributed by atoms with Gasteiger partial charge in [0.15, 0.2) is 0 Å². The summed E-state index contributed by atoms with van der Waals surface area (Å²) in [6.45, 7) is 3.78. The van der Waals surface area contributed by atoms with Crippen molar-refractivity contribution in [3.05, 3.63) is 24.3 Å². The van der Waals surface area contributed by atoms with Gasteiger partial charge in [-0.2, -0.15) is 4.31 Å². The van der Waals surface area contributed by atoms with Gasteiger partial charge in [-0.15, -0.1) is 0 Å². The number of piperidine rings is 1. The molecule has 2 rings (SSSR count). The van der Waals surface area contributed by atoms with Crippen LogP contribution in [0.2, 0.25) is 0 Å². The first-order chi connectivity index (χ1) is 9.05. The Morgan fingerprint density at radius 3 is 2.68 bits per heavy atom. The van der Waals surface area contributed by atoms with Crippen LogP contribution in [0.1, 0.15) is 19.8 Å². The first-order valence-electron chi connectivity index (χ1n) is 6.39. The van der Waals surface area contributed by atoms with Crippen LogP contribution < -0.4 is 5.32 Å². The number of nitrogens with zero attached hydrogens (tertiary/aromatic N) is 2. The maximum Gasteiger partial charge on any atom is 0.244 e. The van der Waals surface area contributed by atoms with E-state index in [1.54, 1.807) is 6.92 Å². The Morgan fingerprint density at radius 2 is 2.11 bits per heavy atom. The minimum Gasteiger partial charge on any atom is -0.317 e. The zero-order valence-electron chi connectivity index (χ0n) is 10.8. The SMILES string of the molecule is CCN(C1CCNCC1)S(=O)(=O)c1cncc(F)c1. The summed E-state index contributed by atoms with van der Waals surface area (Å²) < 4.78 is 39.6. The van der Waals surface area contributed by atoms with Crippen LogP contribution in [0.3, 0.4) is 0 Å². The van der Waals surface area contributed by atoms with Gasteiger partial charge in [-0.1, -0.05) is 6.92 Å². The minimum absolute atomic E-state index is 0.0282. The van der Waals surface area contributed by atoms with Crippen LogP contribution in [0.25, 0.3) is 0 Å². The summed E-state index contributed by atoms with van der Waals surface area (Å²) >= 11 is 0. The third-order valence-electron chi connectivity index (χ3n) is 3.31. The average molecular weight is 287 g/mol. The van der Waals surface area contributed by atoms with Gasteiger partial charge in [0.2, 0.25) is 10.0 Å². The predicted molar refractivity (Wildman–Crippen MR) is 69.7 cm³/mol. The van der Waals surface area contributed by atoms with Gasteiger partial charge in [0.1, 0.15) is 10.7 Å². The van der Waals surface area contributed by atoms with Gasteiger partial charge in [-0.25, -0.2) is 12.8 Å². The van der Waals surface area contributed by atoms with Crippen LogP contribution in [0, 0.1) is 5.82 Å². The number of pyridine rings is 1. The van der Waals surface area contributed by atoms with Gasteiger partial charge in [0.05, 0.1) is 6.20 Å². The molecule has 0 saturated carbocycles. The van der Waals surface area contributed by atoms with Gasteiger partial charge < -0.3 is 5.32 Å². The van der Waals surface area contributed by atoms with Crippen LogP contribution in [0.4, 0.5) is 4.39 Å². The lowest BCUT2D eigenvalue weighted by Gasteiger charge is -2.32. The molecule has 0 amide bonds. The van der Waals surface area contributed by atoms with Crippen molar-refractivity contribution < 1.29 is 12.8 Å². The van der Waals surface area contributed by atoms with E-state index in [4.69, 9.17) is 0 Å². The lowest BCUT2D eigenvalue weighted by Crippen LogP contribution is -2.45. The maximum atomic E-state index is 13.2. The topological polar surface area (TPSA) is 62.3 Å². The second-order valence-corrected chi connectivity index (χ2v) is 6.42. The van der Waals surface area contributed by atoms with E-state index in [9.17, 15) is 12.8 Å². The smallest absolute Gasteiger partial charge is 0.244 e. The molecule has 1 aromatic rings. The molecule has 1 saturated heterocycles. The molecule has 0 atom stereocenters. The molecule has 1 N–H and O–H groups in total. The van der Waals surface area contributed by atoms with E-state index in [2.05, 4.69) is 10.3 Å². The van der Waals surface area contributed by atoms with Crippen LogP contribution in [-0.2, 0) is 10.0 Å². The highest BCUT2D eigenvalue weighted by atomic mass is 32.2. The third-order valence-corrected chi connectivity index (χ3v) is 5.31. The molecule has 7 heteroatoms. The summed E-state index contributed by atoms with van der Waals surface area (Å²) in [4.78, 5) is 3.54. The Morgan fingerprint density at radius 1 is 1.42 bits per heavy atom. The zero-order valence-corrected chi connectivity index (χ0v) is 11.7. The van der Waals surface area contributed by atoms with E-state index in [1.807, 2.05) is 0 Å². The molecule has 5 nitrogen and oxygen atoms in total. The Bertz CT molecular complexity index is 530. The number of halogens is 1. The van der Waals surface area contributed by atoms with Crippen molar-refractivity contribution in [2.75, 3.05) is 19.6 Å². The minimum atomic E-state index is -3.67. The molecular weight excluding hydrogens is 269 g/mol. The number of hydrogen-bond donors (Lipinski definition) is 1. The first-order valence-corrected chi connectivity index (χ1v) is 7.83. The summed E-state index contributed by atoms with van der Waals surface area (Å²) in [5.41, 5.74) is 0. The van der Waals surface area contributed by atoms with Crippen LogP contribution >= 0.6 is 0 Å². The van der Waals surface area contributed by atoms with Gasteiger partial charge in [-0.3, -0.25) is 4.98 Å². The lowest BCUT2D eigenvalue weighted by molar-refractivity contribution is 0.270. The molecule has 106 valence electrons. The Hall–Kier alpha value is -1.05. The van der Waals surface area contributed by atoms with Crippen molar-refractivity contribution in [2.24, 2.45) is 0 Å². The summed E-state index contributed by atoms with van der Waals surface area (Å²) in [6.07, 6.45) is 3.74. The highest BCUT2D eigenvalue weighted by molar-refractivity contribution is 7.89. The van der Waals surface area contributed by atoms with E-state index >= 15 is 0 Å². The number of aromatic nitrogens is 1. The monoisotopic (exact) mass is 287 g/mol. The molecule has 0 spiro atoms. The van der Waals surface area contributed by atoms with Crippen molar-refractivity contribution in [3.8, 4) is 0 Å². The van der Waals surface area contributed by atoms with E-state index in [0.717, 1.165) is 38.2 Å². The van der Waals surface area contributed by atoms with Crippen molar-refractivity contribution in [1.29, 1.82) is 0 Å². The molecule has 0 unspecified atom stereocenters. The van der Waals surface area contributed by atoms with E-state index in [-0.39, 0.29) is 10.9 Å². The second kappa shape index (κ2) is 5.94. The van der Waals surface area contributed by atoms with E-state index in [1.165, 1.54) is 10.5 Å². The Labute approximate surface area is 112 Å². The van der Waals surface area contributed by atoms with Crippen molar-refractivity contribution in [3.63, 3.8) is 0 Å². The highest BCUT2D eigenvalue weighted by Gasteiger charge is 2.31. The Kier molecular flexibility index (Phi) is 4.49. The molecule has 0 radical (unpaired) electrons. The standard InChI is InChI=1S/C12H18FN3O2S/c1-2-16(11-3-5-14-6-4-11)19(17,18)12-7-10(13)8-15-9-12/h7-9,11,14H,2-6H2,1H3. The number of hydrogen-bond acceptors (Lipinski definition) is 4. The average Bonchev–Trinajstić information content (AvgIpc) is 2.40. The van der Waals surface area contributed by atoms with Gasteiger partial charge in [0, 0.05) is 18.8 Å². The summed E-state index contributed by atoms with van der Waals surface area (Å²) in [5, 5.41) is 3.20. The van der Waals surface area contributed by atoms with Gasteiger partial charge in [-0.05, 0) is 32.0 Å². The van der Waals surface area contributed by atoms with Crippen LogP contribution in [0.5, 0.6) is 0 Å². The number of sulfonamides is 1. The molecule has 1 aromatic heterocycles. The molecule has 0 aliphatic carbocycles. The fourth-order valence-electron chi connectivity index (χ4n) is 2.39. The van der Waals surface area contributed by atoms with Crippen molar-refractivity contribution in [1.82, 2.24) is 14.6 Å². The first kappa shape index (κ1) is 14.4. The lowest BCUT2D eigenvalue weighted by atomic mass is 10.1.